The first-order valence-electron chi connectivity index (χ1n) is 9.11. The molecule has 0 aromatic heterocycles. The van der Waals surface area contributed by atoms with Crippen molar-refractivity contribution in [2.24, 2.45) is 5.92 Å². The molecule has 0 aliphatic carbocycles. The van der Waals surface area contributed by atoms with Crippen molar-refractivity contribution >= 4 is 50.8 Å². The first kappa shape index (κ1) is 25.1. The number of rotatable bonds is 8. The zero-order valence-electron chi connectivity index (χ0n) is 16.9. The van der Waals surface area contributed by atoms with Crippen LogP contribution in [-0.2, 0) is 24.3 Å². The molecule has 2 N–H and O–H groups in total. The number of nitrogens with one attached hydrogen (secondary N) is 2. The van der Waals surface area contributed by atoms with Gasteiger partial charge in [0.2, 0.25) is 10.0 Å². The van der Waals surface area contributed by atoms with Gasteiger partial charge in [-0.05, 0) is 42.7 Å². The fourth-order valence-electron chi connectivity index (χ4n) is 2.56. The molecule has 7 nitrogen and oxygen atoms in total. The fraction of sp³-hybridized carbons (Fsp3) is 0.300. The minimum absolute atomic E-state index is 0.110. The van der Waals surface area contributed by atoms with Crippen molar-refractivity contribution in [3.05, 3.63) is 57.8 Å². The van der Waals surface area contributed by atoms with Crippen LogP contribution in [0.25, 0.3) is 0 Å². The van der Waals surface area contributed by atoms with Crippen molar-refractivity contribution in [1.29, 1.82) is 0 Å². The Balaban J connectivity index is 2.09. The number of aryl methyl sites for hydroxylation is 1. The van der Waals surface area contributed by atoms with E-state index in [9.17, 15) is 22.4 Å². The van der Waals surface area contributed by atoms with Crippen LogP contribution < -0.4 is 10.0 Å². The van der Waals surface area contributed by atoms with Crippen molar-refractivity contribution < 1.29 is 27.1 Å². The molecule has 168 valence electrons. The quantitative estimate of drug-likeness (QED) is 0.545. The minimum Gasteiger partial charge on any atom is -0.454 e. The molecule has 0 aliphatic heterocycles. The van der Waals surface area contributed by atoms with Crippen LogP contribution in [0.2, 0.25) is 10.0 Å². The molecule has 0 fully saturated rings. The predicted octanol–water partition coefficient (Wildman–Crippen LogP) is 3.93. The van der Waals surface area contributed by atoms with E-state index >= 15 is 0 Å². The summed E-state index contributed by atoms with van der Waals surface area (Å²) < 4.78 is 46.0. The average Bonchev–Trinajstić information content (AvgIpc) is 2.66. The number of amides is 1. The Hall–Kier alpha value is -2.20. The molecule has 0 saturated heterocycles. The van der Waals surface area contributed by atoms with Crippen LogP contribution >= 0.6 is 23.2 Å². The van der Waals surface area contributed by atoms with Crippen LogP contribution in [-0.4, -0.2) is 32.9 Å². The van der Waals surface area contributed by atoms with Gasteiger partial charge in [-0.3, -0.25) is 9.59 Å². The Kier molecular flexibility index (Phi) is 8.41. The van der Waals surface area contributed by atoms with Gasteiger partial charge in [-0.25, -0.2) is 12.8 Å². The lowest BCUT2D eigenvalue weighted by Gasteiger charge is -2.21. The van der Waals surface area contributed by atoms with Crippen molar-refractivity contribution in [2.75, 3.05) is 11.9 Å². The third-order valence-corrected chi connectivity index (χ3v) is 6.61. The normalized spacial score (nSPS) is 12.5. The highest BCUT2D eigenvalue weighted by molar-refractivity contribution is 7.89. The Labute approximate surface area is 189 Å². The number of esters is 1. The fourth-order valence-corrected chi connectivity index (χ4v) is 5.04. The van der Waals surface area contributed by atoms with Gasteiger partial charge in [0, 0.05) is 5.69 Å². The van der Waals surface area contributed by atoms with E-state index in [0.29, 0.717) is 5.56 Å². The molecule has 0 radical (unpaired) electrons. The zero-order chi connectivity index (χ0) is 23.3. The van der Waals surface area contributed by atoms with Gasteiger partial charge in [0.05, 0.1) is 10.0 Å². The number of benzene rings is 2. The second-order valence-corrected chi connectivity index (χ2v) is 9.47. The smallest absolute Gasteiger partial charge is 0.324 e. The van der Waals surface area contributed by atoms with E-state index in [1.165, 1.54) is 30.3 Å². The van der Waals surface area contributed by atoms with E-state index < -0.39 is 46.3 Å². The standard InChI is InChI=1S/C20H21Cl2FN2O5S/c1-11(2)18(25-31(28,29)19-14(21)5-4-6-15(19)22)20(27)30-10-17(26)24-16-9-13(23)8-7-12(16)3/h4-9,11,18,25H,10H2,1-3H3,(H,24,26)/t18-/m0/s1. The van der Waals surface area contributed by atoms with E-state index in [2.05, 4.69) is 10.0 Å². The minimum atomic E-state index is -4.27. The number of sulfonamides is 1. The molecule has 0 bridgehead atoms. The lowest BCUT2D eigenvalue weighted by atomic mass is 10.1. The van der Waals surface area contributed by atoms with Crippen LogP contribution in [0, 0.1) is 18.7 Å². The van der Waals surface area contributed by atoms with Crippen LogP contribution in [0.4, 0.5) is 10.1 Å². The maximum Gasteiger partial charge on any atom is 0.324 e. The van der Waals surface area contributed by atoms with Crippen LogP contribution in [0.5, 0.6) is 0 Å². The van der Waals surface area contributed by atoms with Gasteiger partial charge in [0.1, 0.15) is 16.8 Å². The molecule has 2 aromatic carbocycles. The third kappa shape index (κ3) is 6.64. The molecule has 0 aliphatic rings. The van der Waals surface area contributed by atoms with Crippen LogP contribution in [0.15, 0.2) is 41.3 Å². The summed E-state index contributed by atoms with van der Waals surface area (Å²) in [5.41, 5.74) is 0.848. The van der Waals surface area contributed by atoms with E-state index in [1.54, 1.807) is 20.8 Å². The van der Waals surface area contributed by atoms with Gasteiger partial charge in [-0.15, -0.1) is 0 Å². The highest BCUT2D eigenvalue weighted by atomic mass is 35.5. The Bertz CT molecular complexity index is 1070. The summed E-state index contributed by atoms with van der Waals surface area (Å²) >= 11 is 11.9. The van der Waals surface area contributed by atoms with E-state index in [4.69, 9.17) is 27.9 Å². The molecule has 1 amide bonds. The molecule has 31 heavy (non-hydrogen) atoms. The summed E-state index contributed by atoms with van der Waals surface area (Å²) in [7, 11) is -4.27. The number of carbonyl (C=O) groups is 2. The molecule has 0 heterocycles. The summed E-state index contributed by atoms with van der Waals surface area (Å²) in [5, 5.41) is 2.21. The summed E-state index contributed by atoms with van der Waals surface area (Å²) in [6, 6.07) is 6.74. The van der Waals surface area contributed by atoms with Crippen LogP contribution in [0.1, 0.15) is 19.4 Å². The molecule has 1 atom stereocenters. The first-order valence-corrected chi connectivity index (χ1v) is 11.3. The number of anilines is 1. The predicted molar refractivity (Wildman–Crippen MR) is 116 cm³/mol. The van der Waals surface area contributed by atoms with Gasteiger partial charge >= 0.3 is 5.97 Å². The summed E-state index contributed by atoms with van der Waals surface area (Å²) in [4.78, 5) is 24.2. The van der Waals surface area contributed by atoms with Gasteiger partial charge in [-0.1, -0.05) is 49.2 Å². The Morgan fingerprint density at radius 3 is 2.32 bits per heavy atom. The summed E-state index contributed by atoms with van der Waals surface area (Å²) in [5.74, 6) is -2.73. The van der Waals surface area contributed by atoms with Gasteiger partial charge < -0.3 is 10.1 Å². The molecular weight excluding hydrogens is 470 g/mol. The first-order chi connectivity index (χ1) is 14.4. The number of hydrogen-bond acceptors (Lipinski definition) is 5. The van der Waals surface area contributed by atoms with E-state index in [1.807, 2.05) is 0 Å². The highest BCUT2D eigenvalue weighted by Crippen LogP contribution is 2.29. The van der Waals surface area contributed by atoms with Crippen LogP contribution in [0.3, 0.4) is 0 Å². The highest BCUT2D eigenvalue weighted by Gasteiger charge is 2.32. The molecule has 0 unspecified atom stereocenters. The largest absolute Gasteiger partial charge is 0.454 e. The Morgan fingerprint density at radius 1 is 1.13 bits per heavy atom. The lowest BCUT2D eigenvalue weighted by Crippen LogP contribution is -2.46. The molecular formula is C20H21Cl2FN2O5S. The van der Waals surface area contributed by atoms with Gasteiger partial charge in [0.25, 0.3) is 5.91 Å². The van der Waals surface area contributed by atoms with E-state index in [0.717, 1.165) is 6.07 Å². The monoisotopic (exact) mass is 490 g/mol. The van der Waals surface area contributed by atoms with E-state index in [-0.39, 0.29) is 20.6 Å². The van der Waals surface area contributed by atoms with Crippen molar-refractivity contribution in [3.8, 4) is 0 Å². The number of carbonyl (C=O) groups excluding carboxylic acids is 2. The summed E-state index contributed by atoms with van der Waals surface area (Å²) in [6.45, 7) is 4.18. The molecule has 0 spiro atoms. The second kappa shape index (κ2) is 10.4. The zero-order valence-corrected chi connectivity index (χ0v) is 19.2. The molecule has 2 rings (SSSR count). The maximum absolute atomic E-state index is 13.3. The van der Waals surface area contributed by atoms with Gasteiger partial charge in [-0.2, -0.15) is 4.72 Å². The number of hydrogen-bond donors (Lipinski definition) is 2. The molecule has 0 saturated carbocycles. The van der Waals surface area contributed by atoms with Crippen molar-refractivity contribution in [1.82, 2.24) is 4.72 Å². The van der Waals surface area contributed by atoms with Crippen molar-refractivity contribution in [3.63, 3.8) is 0 Å². The third-order valence-electron chi connectivity index (χ3n) is 4.21. The van der Waals surface area contributed by atoms with Crippen molar-refractivity contribution in [2.45, 2.75) is 31.7 Å². The van der Waals surface area contributed by atoms with Gasteiger partial charge in [0.15, 0.2) is 6.61 Å². The number of ether oxygens (including phenoxy) is 1. The number of halogens is 3. The second-order valence-electron chi connectivity index (χ2n) is 7.01. The maximum atomic E-state index is 13.3. The molecule has 11 heteroatoms. The Morgan fingerprint density at radius 2 is 1.74 bits per heavy atom. The average molecular weight is 491 g/mol. The lowest BCUT2D eigenvalue weighted by molar-refractivity contribution is -0.150. The molecule has 2 aromatic rings. The summed E-state index contributed by atoms with van der Waals surface area (Å²) in [6.07, 6.45) is 0. The SMILES string of the molecule is Cc1ccc(F)cc1NC(=O)COC(=O)[C@@H](NS(=O)(=O)c1c(Cl)cccc1Cl)C(C)C. The topological polar surface area (TPSA) is 102 Å².